The van der Waals surface area contributed by atoms with Gasteiger partial charge in [-0.25, -0.2) is 4.79 Å². The first-order chi connectivity index (χ1) is 16.0. The number of benzene rings is 4. The number of carboxylic acids is 1. The summed E-state index contributed by atoms with van der Waals surface area (Å²) in [5, 5.41) is 11.8. The van der Waals surface area contributed by atoms with Gasteiger partial charge in [0.25, 0.3) is 0 Å². The van der Waals surface area contributed by atoms with E-state index in [1.165, 1.54) is 23.4 Å². The first-order valence-corrected chi connectivity index (χ1v) is 10.7. The Bertz CT molecular complexity index is 1310. The Morgan fingerprint density at radius 1 is 0.848 bits per heavy atom. The van der Waals surface area contributed by atoms with Crippen LogP contribution in [-0.2, 0) is 13.2 Å². The van der Waals surface area contributed by atoms with Crippen LogP contribution < -0.4 is 14.2 Å². The minimum Gasteiger partial charge on any atom is -0.496 e. The number of carbonyl (C=O) groups is 1. The maximum Gasteiger partial charge on any atom is 0.339 e. The van der Waals surface area contributed by atoms with Crippen LogP contribution in [0.3, 0.4) is 0 Å². The highest BCUT2D eigenvalue weighted by molar-refractivity contribution is 5.93. The Morgan fingerprint density at radius 3 is 2.42 bits per heavy atom. The fourth-order valence-electron chi connectivity index (χ4n) is 3.92. The van der Waals surface area contributed by atoms with Gasteiger partial charge < -0.3 is 19.3 Å². The minimum absolute atomic E-state index is 0.143. The molecular weight excluding hydrogens is 416 g/mol. The average Bonchev–Trinajstić information content (AvgIpc) is 2.82. The zero-order valence-electron chi connectivity index (χ0n) is 18.9. The van der Waals surface area contributed by atoms with Crippen molar-refractivity contribution in [2.24, 2.45) is 0 Å². The predicted molar refractivity (Wildman–Crippen MR) is 128 cm³/mol. The Hall–Kier alpha value is -3.99. The van der Waals surface area contributed by atoms with Crippen molar-refractivity contribution < 1.29 is 24.1 Å². The van der Waals surface area contributed by atoms with Crippen molar-refractivity contribution in [3.8, 4) is 17.2 Å². The lowest BCUT2D eigenvalue weighted by Crippen LogP contribution is -2.05. The number of carboxylic acid groups (broad SMARTS) is 1. The van der Waals surface area contributed by atoms with Gasteiger partial charge in [0.1, 0.15) is 36.0 Å². The molecule has 0 bridgehead atoms. The molecule has 5 nitrogen and oxygen atoms in total. The van der Waals surface area contributed by atoms with Crippen molar-refractivity contribution in [2.45, 2.75) is 27.1 Å². The largest absolute Gasteiger partial charge is 0.496 e. The molecule has 0 aliphatic heterocycles. The quantitative estimate of drug-likeness (QED) is 0.346. The molecule has 4 rings (SSSR count). The summed E-state index contributed by atoms with van der Waals surface area (Å²) >= 11 is 0. The van der Waals surface area contributed by atoms with E-state index in [-0.39, 0.29) is 11.3 Å². The first kappa shape index (κ1) is 22.2. The van der Waals surface area contributed by atoms with Gasteiger partial charge in [0.15, 0.2) is 0 Å². The Labute approximate surface area is 193 Å². The van der Waals surface area contributed by atoms with E-state index in [2.05, 4.69) is 37.3 Å². The highest BCUT2D eigenvalue weighted by Crippen LogP contribution is 2.29. The van der Waals surface area contributed by atoms with Crippen LogP contribution in [0, 0.1) is 13.8 Å². The Morgan fingerprint density at radius 2 is 1.64 bits per heavy atom. The van der Waals surface area contributed by atoms with Crippen molar-refractivity contribution >= 4 is 16.7 Å². The predicted octanol–water partition coefficient (Wildman–Crippen LogP) is 6.32. The smallest absolute Gasteiger partial charge is 0.339 e. The lowest BCUT2D eigenvalue weighted by atomic mass is 10.0. The number of methoxy groups -OCH3 is 1. The molecule has 5 heteroatoms. The van der Waals surface area contributed by atoms with E-state index in [0.29, 0.717) is 24.5 Å². The van der Waals surface area contributed by atoms with Gasteiger partial charge in [-0.1, -0.05) is 48.5 Å². The molecule has 4 aromatic rings. The van der Waals surface area contributed by atoms with E-state index < -0.39 is 5.97 Å². The van der Waals surface area contributed by atoms with Crippen molar-refractivity contribution in [2.75, 3.05) is 7.11 Å². The first-order valence-electron chi connectivity index (χ1n) is 10.7. The van der Waals surface area contributed by atoms with Gasteiger partial charge in [0, 0.05) is 6.07 Å². The summed E-state index contributed by atoms with van der Waals surface area (Å²) in [6.07, 6.45) is 0. The highest BCUT2D eigenvalue weighted by atomic mass is 16.5. The number of ether oxygens (including phenoxy) is 3. The molecular formula is C28H26O5. The van der Waals surface area contributed by atoms with E-state index >= 15 is 0 Å². The van der Waals surface area contributed by atoms with Gasteiger partial charge in [-0.3, -0.25) is 0 Å². The molecule has 0 radical (unpaired) electrons. The van der Waals surface area contributed by atoms with Gasteiger partial charge >= 0.3 is 5.97 Å². The third-order valence-electron chi connectivity index (χ3n) is 5.72. The average molecular weight is 443 g/mol. The van der Waals surface area contributed by atoms with Gasteiger partial charge in [0.2, 0.25) is 0 Å². The highest BCUT2D eigenvalue weighted by Gasteiger charge is 2.16. The summed E-state index contributed by atoms with van der Waals surface area (Å²) in [4.78, 5) is 11.4. The third-order valence-corrected chi connectivity index (χ3v) is 5.72. The molecule has 33 heavy (non-hydrogen) atoms. The maximum atomic E-state index is 11.4. The second-order valence-corrected chi connectivity index (χ2v) is 7.92. The van der Waals surface area contributed by atoms with E-state index in [0.717, 1.165) is 16.9 Å². The molecule has 0 aliphatic rings. The lowest BCUT2D eigenvalue weighted by Gasteiger charge is -2.14. The monoisotopic (exact) mass is 442 g/mol. The lowest BCUT2D eigenvalue weighted by molar-refractivity contribution is 0.0692. The van der Waals surface area contributed by atoms with E-state index in [1.807, 2.05) is 30.3 Å². The van der Waals surface area contributed by atoms with Gasteiger partial charge in [0.05, 0.1) is 7.11 Å². The van der Waals surface area contributed by atoms with Crippen molar-refractivity contribution in [1.82, 2.24) is 0 Å². The Kier molecular flexibility index (Phi) is 6.50. The molecule has 0 saturated carbocycles. The maximum absolute atomic E-state index is 11.4. The van der Waals surface area contributed by atoms with E-state index in [9.17, 15) is 9.90 Å². The molecule has 1 N–H and O–H groups in total. The molecule has 4 aromatic carbocycles. The molecule has 0 spiro atoms. The molecule has 0 fully saturated rings. The van der Waals surface area contributed by atoms with Crippen LogP contribution in [0.5, 0.6) is 17.2 Å². The molecule has 0 unspecified atom stereocenters. The van der Waals surface area contributed by atoms with Crippen LogP contribution in [0.25, 0.3) is 10.8 Å². The van der Waals surface area contributed by atoms with Crippen LogP contribution in [0.15, 0.2) is 72.8 Å². The number of hydrogen-bond donors (Lipinski definition) is 1. The van der Waals surface area contributed by atoms with E-state index in [1.54, 1.807) is 19.1 Å². The summed E-state index contributed by atoms with van der Waals surface area (Å²) in [6.45, 7) is 4.65. The zero-order valence-corrected chi connectivity index (χ0v) is 18.9. The second-order valence-electron chi connectivity index (χ2n) is 7.92. The van der Waals surface area contributed by atoms with Crippen LogP contribution in [0.1, 0.15) is 32.6 Å². The normalized spacial score (nSPS) is 10.8. The second kappa shape index (κ2) is 9.65. The van der Waals surface area contributed by atoms with Crippen LogP contribution in [0.2, 0.25) is 0 Å². The zero-order chi connectivity index (χ0) is 23.4. The summed E-state index contributed by atoms with van der Waals surface area (Å²) in [7, 11) is 1.45. The fraction of sp³-hybridized carbons (Fsp3) is 0.179. The fourth-order valence-corrected chi connectivity index (χ4v) is 3.92. The van der Waals surface area contributed by atoms with Crippen molar-refractivity contribution in [1.29, 1.82) is 0 Å². The summed E-state index contributed by atoms with van der Waals surface area (Å²) in [5.41, 5.74) is 4.05. The SMILES string of the molecule is COc1cc(OCc2cccc(OCc3ccc4ccccc4c3C)c2)cc(C)c1C(=O)O. The summed E-state index contributed by atoms with van der Waals surface area (Å²) in [6, 6.07) is 23.6. The molecule has 0 aromatic heterocycles. The molecule has 0 aliphatic carbocycles. The summed E-state index contributed by atoms with van der Waals surface area (Å²) in [5.74, 6) is 0.564. The summed E-state index contributed by atoms with van der Waals surface area (Å²) < 4.78 is 17.2. The van der Waals surface area contributed by atoms with Gasteiger partial charge in [-0.15, -0.1) is 0 Å². The number of aromatic carboxylic acids is 1. The molecule has 0 amide bonds. The molecule has 0 heterocycles. The van der Waals surface area contributed by atoms with Crippen LogP contribution in [0.4, 0.5) is 0 Å². The number of aryl methyl sites for hydroxylation is 2. The minimum atomic E-state index is -1.03. The van der Waals surface area contributed by atoms with Crippen molar-refractivity contribution in [3.63, 3.8) is 0 Å². The van der Waals surface area contributed by atoms with Gasteiger partial charge in [-0.05, 0) is 65.1 Å². The third kappa shape index (κ3) is 4.93. The van der Waals surface area contributed by atoms with Crippen molar-refractivity contribution in [3.05, 3.63) is 101 Å². The molecule has 168 valence electrons. The number of rotatable bonds is 8. The van der Waals surface area contributed by atoms with E-state index in [4.69, 9.17) is 14.2 Å². The van der Waals surface area contributed by atoms with Crippen LogP contribution >= 0.6 is 0 Å². The van der Waals surface area contributed by atoms with Gasteiger partial charge in [-0.2, -0.15) is 0 Å². The molecule has 0 saturated heterocycles. The standard InChI is InChI=1S/C28H26O5/c1-18-13-24(15-26(31-3)27(18)28(29)30)32-16-20-7-6-9-23(14-20)33-17-22-12-11-21-8-4-5-10-25(21)19(22)2/h4-15H,16-17H2,1-3H3,(H,29,30). The topological polar surface area (TPSA) is 65.0 Å². The number of hydrogen-bond acceptors (Lipinski definition) is 4. The molecule has 0 atom stereocenters. The van der Waals surface area contributed by atoms with Crippen LogP contribution in [-0.4, -0.2) is 18.2 Å². The Balaban J connectivity index is 1.44. The number of fused-ring (bicyclic) bond motifs is 1.